The first-order chi connectivity index (χ1) is 14.2. The number of hydrogen-bond donors (Lipinski definition) is 0. The van der Waals surface area contributed by atoms with E-state index in [9.17, 15) is 0 Å². The molecular formula is C24H35N3O2. The van der Waals surface area contributed by atoms with E-state index >= 15 is 0 Å². The molecule has 0 spiro atoms. The minimum Gasteiger partial charge on any atom is -0.494 e. The first kappa shape index (κ1) is 21.6. The topological polar surface area (TPSA) is 37.8 Å². The number of ether oxygens (including phenoxy) is 2. The predicted octanol–water partition coefficient (Wildman–Crippen LogP) is 4.41. The van der Waals surface area contributed by atoms with Gasteiger partial charge in [-0.2, -0.15) is 0 Å². The summed E-state index contributed by atoms with van der Waals surface area (Å²) in [6.07, 6.45) is 9.60. The lowest BCUT2D eigenvalue weighted by molar-refractivity contribution is 0.178. The van der Waals surface area contributed by atoms with Crippen LogP contribution in [-0.4, -0.2) is 61.7 Å². The number of rotatable bonds is 11. The molecule has 1 aliphatic heterocycles. The smallest absolute Gasteiger partial charge is 0.138 e. The van der Waals surface area contributed by atoms with E-state index in [1.165, 1.54) is 32.4 Å². The molecule has 0 bridgehead atoms. The maximum Gasteiger partial charge on any atom is 0.138 e. The quantitative estimate of drug-likeness (QED) is 0.525. The van der Waals surface area contributed by atoms with E-state index in [-0.39, 0.29) is 6.10 Å². The van der Waals surface area contributed by atoms with E-state index in [1.54, 1.807) is 12.4 Å². The fraction of sp³-hybridized carbons (Fsp3) is 0.542. The normalized spacial score (nSPS) is 16.0. The standard InChI is InChI=1S/C24H35N3O2/c1-26(2)18-13-24(29-23-8-6-14-25-20-23)21-9-11-22(12-10-21)28-19-7-17-27-15-4-3-5-16-27/h6,8-12,14,20,24H,3-5,7,13,15-19H2,1-2H3. The van der Waals surface area contributed by atoms with Crippen LogP contribution in [0.15, 0.2) is 48.8 Å². The van der Waals surface area contributed by atoms with Gasteiger partial charge in [0.05, 0.1) is 12.8 Å². The zero-order valence-corrected chi connectivity index (χ0v) is 17.9. The molecule has 1 fully saturated rings. The van der Waals surface area contributed by atoms with E-state index in [2.05, 4.69) is 53.1 Å². The third-order valence-electron chi connectivity index (χ3n) is 5.34. The number of benzene rings is 1. The van der Waals surface area contributed by atoms with Crippen LogP contribution in [0.25, 0.3) is 0 Å². The van der Waals surface area contributed by atoms with Crippen molar-refractivity contribution in [2.24, 2.45) is 0 Å². The van der Waals surface area contributed by atoms with Crippen molar-refractivity contribution < 1.29 is 9.47 Å². The highest BCUT2D eigenvalue weighted by molar-refractivity contribution is 5.29. The minimum absolute atomic E-state index is 0.00486. The van der Waals surface area contributed by atoms with Gasteiger partial charge in [0.15, 0.2) is 0 Å². The molecule has 1 saturated heterocycles. The fourth-order valence-corrected chi connectivity index (χ4v) is 3.69. The summed E-state index contributed by atoms with van der Waals surface area (Å²) in [7, 11) is 4.17. The van der Waals surface area contributed by atoms with Gasteiger partial charge in [-0.05, 0) is 76.3 Å². The Morgan fingerprint density at radius 2 is 1.83 bits per heavy atom. The van der Waals surface area contributed by atoms with E-state index in [0.717, 1.165) is 49.6 Å². The average molecular weight is 398 g/mol. The molecule has 29 heavy (non-hydrogen) atoms. The SMILES string of the molecule is CN(C)CCC(Oc1cccnc1)c1ccc(OCCCN2CCCCC2)cc1. The van der Waals surface area contributed by atoms with Crippen molar-refractivity contribution in [2.75, 3.05) is 46.9 Å². The van der Waals surface area contributed by atoms with E-state index in [4.69, 9.17) is 9.47 Å². The lowest BCUT2D eigenvalue weighted by Gasteiger charge is -2.26. The molecule has 0 aliphatic carbocycles. The fourth-order valence-electron chi connectivity index (χ4n) is 3.69. The molecule has 3 rings (SSSR count). The summed E-state index contributed by atoms with van der Waals surface area (Å²) in [6.45, 7) is 5.37. The van der Waals surface area contributed by atoms with Crippen molar-refractivity contribution in [1.82, 2.24) is 14.8 Å². The van der Waals surface area contributed by atoms with Crippen molar-refractivity contribution in [3.8, 4) is 11.5 Å². The Hall–Kier alpha value is -2.11. The zero-order valence-electron chi connectivity index (χ0n) is 17.9. The van der Waals surface area contributed by atoms with Crippen molar-refractivity contribution in [2.45, 2.75) is 38.2 Å². The highest BCUT2D eigenvalue weighted by atomic mass is 16.5. The van der Waals surface area contributed by atoms with Crippen molar-refractivity contribution >= 4 is 0 Å². The lowest BCUT2D eigenvalue weighted by Crippen LogP contribution is -2.31. The Morgan fingerprint density at radius 1 is 1.03 bits per heavy atom. The van der Waals surface area contributed by atoms with Crippen LogP contribution >= 0.6 is 0 Å². The van der Waals surface area contributed by atoms with Crippen LogP contribution in [0, 0.1) is 0 Å². The molecule has 2 aromatic rings. The van der Waals surface area contributed by atoms with Crippen molar-refractivity contribution in [3.05, 3.63) is 54.4 Å². The molecule has 5 nitrogen and oxygen atoms in total. The summed E-state index contributed by atoms with van der Waals surface area (Å²) in [4.78, 5) is 8.89. The molecule has 1 aliphatic rings. The monoisotopic (exact) mass is 397 g/mol. The first-order valence-corrected chi connectivity index (χ1v) is 10.9. The molecule has 1 unspecified atom stereocenters. The second kappa shape index (κ2) is 11.8. The molecule has 0 N–H and O–H groups in total. The lowest BCUT2D eigenvalue weighted by atomic mass is 10.1. The minimum atomic E-state index is -0.00486. The summed E-state index contributed by atoms with van der Waals surface area (Å²) >= 11 is 0. The van der Waals surface area contributed by atoms with E-state index in [0.29, 0.717) is 0 Å². The van der Waals surface area contributed by atoms with Crippen LogP contribution in [0.1, 0.15) is 43.8 Å². The predicted molar refractivity (Wildman–Crippen MR) is 118 cm³/mol. The molecular weight excluding hydrogens is 362 g/mol. The number of piperidine rings is 1. The van der Waals surface area contributed by atoms with Crippen LogP contribution in [-0.2, 0) is 0 Å². The summed E-state index contributed by atoms with van der Waals surface area (Å²) in [5, 5.41) is 0. The highest BCUT2D eigenvalue weighted by Gasteiger charge is 2.15. The third-order valence-corrected chi connectivity index (χ3v) is 5.34. The maximum atomic E-state index is 6.22. The van der Waals surface area contributed by atoms with Gasteiger partial charge >= 0.3 is 0 Å². The highest BCUT2D eigenvalue weighted by Crippen LogP contribution is 2.26. The number of pyridine rings is 1. The summed E-state index contributed by atoms with van der Waals surface area (Å²) < 4.78 is 12.2. The summed E-state index contributed by atoms with van der Waals surface area (Å²) in [5.74, 6) is 1.73. The number of nitrogens with zero attached hydrogens (tertiary/aromatic N) is 3. The Kier molecular flexibility index (Phi) is 8.78. The van der Waals surface area contributed by atoms with Gasteiger partial charge in [-0.25, -0.2) is 0 Å². The molecule has 1 aromatic heterocycles. The van der Waals surface area contributed by atoms with Crippen LogP contribution in [0.2, 0.25) is 0 Å². The molecule has 2 heterocycles. The summed E-state index contributed by atoms with van der Waals surface area (Å²) in [5.41, 5.74) is 1.16. The van der Waals surface area contributed by atoms with Crippen LogP contribution in [0.3, 0.4) is 0 Å². The molecule has 158 valence electrons. The Morgan fingerprint density at radius 3 is 2.52 bits per heavy atom. The zero-order chi connectivity index (χ0) is 20.3. The second-order valence-corrected chi connectivity index (χ2v) is 8.06. The number of likely N-dealkylation sites (tertiary alicyclic amines) is 1. The summed E-state index contributed by atoms with van der Waals surface area (Å²) in [6, 6.07) is 12.2. The largest absolute Gasteiger partial charge is 0.494 e. The third kappa shape index (κ3) is 7.67. The molecule has 1 atom stereocenters. The van der Waals surface area contributed by atoms with Gasteiger partial charge in [0.2, 0.25) is 0 Å². The Bertz CT molecular complexity index is 685. The van der Waals surface area contributed by atoms with Gasteiger partial charge in [0.1, 0.15) is 17.6 Å². The van der Waals surface area contributed by atoms with Crippen LogP contribution in [0.5, 0.6) is 11.5 Å². The second-order valence-electron chi connectivity index (χ2n) is 8.06. The van der Waals surface area contributed by atoms with Gasteiger partial charge in [-0.15, -0.1) is 0 Å². The molecule has 0 radical (unpaired) electrons. The van der Waals surface area contributed by atoms with Gasteiger partial charge < -0.3 is 19.3 Å². The van der Waals surface area contributed by atoms with Gasteiger partial charge in [-0.1, -0.05) is 18.6 Å². The molecule has 1 aromatic carbocycles. The van der Waals surface area contributed by atoms with Gasteiger partial charge in [-0.3, -0.25) is 4.98 Å². The van der Waals surface area contributed by atoms with Crippen LogP contribution in [0.4, 0.5) is 0 Å². The number of aromatic nitrogens is 1. The molecule has 0 saturated carbocycles. The van der Waals surface area contributed by atoms with Gasteiger partial charge in [0.25, 0.3) is 0 Å². The van der Waals surface area contributed by atoms with Crippen LogP contribution < -0.4 is 9.47 Å². The first-order valence-electron chi connectivity index (χ1n) is 10.9. The average Bonchev–Trinajstić information content (AvgIpc) is 2.76. The number of hydrogen-bond acceptors (Lipinski definition) is 5. The Balaban J connectivity index is 1.50. The van der Waals surface area contributed by atoms with Crippen molar-refractivity contribution in [3.63, 3.8) is 0 Å². The Labute approximate surface area is 175 Å². The van der Waals surface area contributed by atoms with E-state index < -0.39 is 0 Å². The van der Waals surface area contributed by atoms with E-state index in [1.807, 2.05) is 12.1 Å². The molecule has 5 heteroatoms. The van der Waals surface area contributed by atoms with Gasteiger partial charge in [0, 0.05) is 25.7 Å². The maximum absolute atomic E-state index is 6.22. The molecule has 0 amide bonds. The van der Waals surface area contributed by atoms with Crippen molar-refractivity contribution in [1.29, 1.82) is 0 Å².